The number of aryl methyl sites for hydroxylation is 1. The van der Waals surface area contributed by atoms with E-state index in [2.05, 4.69) is 10.6 Å². The third kappa shape index (κ3) is 6.35. The molecule has 0 radical (unpaired) electrons. The zero-order chi connectivity index (χ0) is 28.3. The summed E-state index contributed by atoms with van der Waals surface area (Å²) in [6.07, 6.45) is -4.53. The van der Waals surface area contributed by atoms with Crippen LogP contribution in [0.3, 0.4) is 0 Å². The Morgan fingerprint density at radius 1 is 0.872 bits per heavy atom. The SMILES string of the molecule is Cc1cc(NC(=O)NC(=O)c2ccccc2Cl)c(C)c(Cl)c1Oc1ccc(C(F)(F)F)cc1-c1ccccc1. The molecule has 0 saturated heterocycles. The second kappa shape index (κ2) is 11.4. The molecule has 0 aliphatic carbocycles. The normalized spacial score (nSPS) is 11.2. The molecule has 39 heavy (non-hydrogen) atoms. The van der Waals surface area contributed by atoms with Crippen molar-refractivity contribution >= 4 is 40.8 Å². The van der Waals surface area contributed by atoms with Crippen molar-refractivity contribution < 1.29 is 27.5 Å². The van der Waals surface area contributed by atoms with E-state index in [1.165, 1.54) is 18.2 Å². The number of nitrogens with one attached hydrogen (secondary N) is 2. The largest absolute Gasteiger partial charge is 0.455 e. The minimum atomic E-state index is -4.53. The van der Waals surface area contributed by atoms with Gasteiger partial charge in [0.15, 0.2) is 0 Å². The monoisotopic (exact) mass is 572 g/mol. The van der Waals surface area contributed by atoms with Crippen molar-refractivity contribution in [3.63, 3.8) is 0 Å². The molecule has 0 heterocycles. The first-order chi connectivity index (χ1) is 18.5. The highest BCUT2D eigenvalue weighted by Gasteiger charge is 2.31. The molecule has 0 aliphatic heterocycles. The van der Waals surface area contributed by atoms with Gasteiger partial charge in [0, 0.05) is 11.3 Å². The maximum Gasteiger partial charge on any atom is 0.416 e. The van der Waals surface area contributed by atoms with Crippen LogP contribution in [0.25, 0.3) is 11.1 Å². The number of hydrogen-bond donors (Lipinski definition) is 2. The summed E-state index contributed by atoms with van der Waals surface area (Å²) in [4.78, 5) is 24.9. The number of amides is 3. The molecule has 2 N–H and O–H groups in total. The number of carbonyl (C=O) groups is 2. The van der Waals surface area contributed by atoms with Crippen LogP contribution in [0, 0.1) is 13.8 Å². The summed E-state index contributed by atoms with van der Waals surface area (Å²) in [7, 11) is 0. The topological polar surface area (TPSA) is 67.4 Å². The van der Waals surface area contributed by atoms with Gasteiger partial charge in [-0.05, 0) is 66.9 Å². The van der Waals surface area contributed by atoms with Crippen LogP contribution < -0.4 is 15.4 Å². The van der Waals surface area contributed by atoms with Gasteiger partial charge in [-0.1, -0.05) is 65.7 Å². The summed E-state index contributed by atoms with van der Waals surface area (Å²) >= 11 is 12.6. The Morgan fingerprint density at radius 2 is 1.54 bits per heavy atom. The van der Waals surface area contributed by atoms with E-state index in [9.17, 15) is 22.8 Å². The summed E-state index contributed by atoms with van der Waals surface area (Å²) in [5.41, 5.74) is 1.31. The van der Waals surface area contributed by atoms with E-state index in [1.54, 1.807) is 62.4 Å². The summed E-state index contributed by atoms with van der Waals surface area (Å²) in [5.74, 6) is -0.305. The van der Waals surface area contributed by atoms with Crippen molar-refractivity contribution in [3.05, 3.63) is 111 Å². The quantitative estimate of drug-likeness (QED) is 0.250. The fraction of sp³-hybridized carbons (Fsp3) is 0.103. The maximum absolute atomic E-state index is 13.4. The van der Waals surface area contributed by atoms with Gasteiger partial charge in [0.05, 0.1) is 21.2 Å². The summed E-state index contributed by atoms with van der Waals surface area (Å²) < 4.78 is 46.4. The Morgan fingerprint density at radius 3 is 2.21 bits per heavy atom. The number of alkyl halides is 3. The first-order valence-corrected chi connectivity index (χ1v) is 12.3. The Bertz CT molecular complexity index is 1560. The number of rotatable bonds is 5. The molecular weight excluding hydrogens is 552 g/mol. The fourth-order valence-corrected chi connectivity index (χ4v) is 4.34. The van der Waals surface area contributed by atoms with Crippen LogP contribution in [0.15, 0.2) is 78.9 Å². The number of carbonyl (C=O) groups excluding carboxylic acids is 2. The van der Waals surface area contributed by atoms with Gasteiger partial charge >= 0.3 is 12.2 Å². The number of anilines is 1. The third-order valence-electron chi connectivity index (χ3n) is 5.85. The summed E-state index contributed by atoms with van der Waals surface area (Å²) in [6.45, 7) is 3.30. The molecule has 10 heteroatoms. The first-order valence-electron chi connectivity index (χ1n) is 11.6. The predicted molar refractivity (Wildman–Crippen MR) is 146 cm³/mol. The van der Waals surface area contributed by atoms with E-state index >= 15 is 0 Å². The molecule has 0 saturated carbocycles. The molecule has 4 rings (SSSR count). The molecule has 0 aliphatic rings. The van der Waals surface area contributed by atoms with E-state index in [-0.39, 0.29) is 32.7 Å². The van der Waals surface area contributed by atoms with Gasteiger partial charge in [0.2, 0.25) is 0 Å². The minimum absolute atomic E-state index is 0.134. The lowest BCUT2D eigenvalue weighted by molar-refractivity contribution is -0.137. The van der Waals surface area contributed by atoms with Crippen molar-refractivity contribution in [3.8, 4) is 22.6 Å². The minimum Gasteiger partial charge on any atom is -0.455 e. The first kappa shape index (κ1) is 28.0. The van der Waals surface area contributed by atoms with Gasteiger partial charge in [-0.25, -0.2) is 4.79 Å². The van der Waals surface area contributed by atoms with Crippen LogP contribution >= 0.6 is 23.2 Å². The van der Waals surface area contributed by atoms with Gasteiger partial charge < -0.3 is 10.1 Å². The lowest BCUT2D eigenvalue weighted by atomic mass is 10.0. The molecule has 0 fully saturated rings. The molecule has 0 bridgehead atoms. The van der Waals surface area contributed by atoms with Crippen LogP contribution in [0.4, 0.5) is 23.7 Å². The zero-order valence-corrected chi connectivity index (χ0v) is 22.1. The van der Waals surface area contributed by atoms with Crippen molar-refractivity contribution in [1.29, 1.82) is 0 Å². The van der Waals surface area contributed by atoms with E-state index in [0.717, 1.165) is 12.1 Å². The van der Waals surface area contributed by atoms with Crippen LogP contribution in [-0.2, 0) is 6.18 Å². The summed E-state index contributed by atoms with van der Waals surface area (Å²) in [5, 5.41) is 5.13. The van der Waals surface area contributed by atoms with Crippen molar-refractivity contribution in [2.24, 2.45) is 0 Å². The highest BCUT2D eigenvalue weighted by atomic mass is 35.5. The number of hydrogen-bond acceptors (Lipinski definition) is 3. The molecule has 200 valence electrons. The molecule has 0 unspecified atom stereocenters. The van der Waals surface area contributed by atoms with Crippen LogP contribution in [0.1, 0.15) is 27.0 Å². The van der Waals surface area contributed by atoms with Crippen LogP contribution in [0.2, 0.25) is 10.0 Å². The van der Waals surface area contributed by atoms with Crippen LogP contribution in [0.5, 0.6) is 11.5 Å². The van der Waals surface area contributed by atoms with E-state index in [0.29, 0.717) is 22.4 Å². The van der Waals surface area contributed by atoms with E-state index < -0.39 is 23.7 Å². The molecular formula is C29H21Cl2F3N2O3. The third-order valence-corrected chi connectivity index (χ3v) is 6.63. The number of halogens is 5. The van der Waals surface area contributed by atoms with E-state index in [1.807, 2.05) is 0 Å². The lowest BCUT2D eigenvalue weighted by Gasteiger charge is -2.19. The second-order valence-corrected chi connectivity index (χ2v) is 9.36. The van der Waals surface area contributed by atoms with Crippen molar-refractivity contribution in [2.75, 3.05) is 5.32 Å². The standard InChI is InChI=1S/C29H21Cl2F3N2O3/c1-16-14-23(35-28(38)36-27(37)20-10-6-7-11-22(20)30)17(2)25(31)26(16)39-24-13-12-19(29(32,33)34)15-21(24)18-8-4-3-5-9-18/h3-15H,1-2H3,(H2,35,36,37,38). The zero-order valence-electron chi connectivity index (χ0n) is 20.6. The Hall–Kier alpha value is -4.01. The molecule has 4 aromatic carbocycles. The molecule has 3 amide bonds. The van der Waals surface area contributed by atoms with Gasteiger partial charge in [-0.15, -0.1) is 0 Å². The predicted octanol–water partition coefficient (Wildman–Crippen LogP) is 9.05. The smallest absolute Gasteiger partial charge is 0.416 e. The summed E-state index contributed by atoms with van der Waals surface area (Å²) in [6, 6.07) is 18.8. The Kier molecular flexibility index (Phi) is 8.18. The Balaban J connectivity index is 1.62. The highest BCUT2D eigenvalue weighted by Crippen LogP contribution is 2.43. The molecule has 0 spiro atoms. The number of imide groups is 1. The van der Waals surface area contributed by atoms with Crippen molar-refractivity contribution in [2.45, 2.75) is 20.0 Å². The molecule has 5 nitrogen and oxygen atoms in total. The number of urea groups is 1. The fourth-order valence-electron chi connectivity index (χ4n) is 3.83. The maximum atomic E-state index is 13.4. The van der Waals surface area contributed by atoms with Crippen LogP contribution in [-0.4, -0.2) is 11.9 Å². The number of ether oxygens (including phenoxy) is 1. The highest BCUT2D eigenvalue weighted by molar-refractivity contribution is 6.34. The molecule has 4 aromatic rings. The lowest BCUT2D eigenvalue weighted by Crippen LogP contribution is -2.34. The second-order valence-electron chi connectivity index (χ2n) is 8.57. The number of benzene rings is 4. The van der Waals surface area contributed by atoms with Crippen molar-refractivity contribution in [1.82, 2.24) is 5.32 Å². The van der Waals surface area contributed by atoms with Gasteiger partial charge in [0.1, 0.15) is 11.5 Å². The average molecular weight is 573 g/mol. The van der Waals surface area contributed by atoms with Gasteiger partial charge in [0.25, 0.3) is 5.91 Å². The van der Waals surface area contributed by atoms with E-state index in [4.69, 9.17) is 27.9 Å². The average Bonchev–Trinajstić information content (AvgIpc) is 2.89. The van der Waals surface area contributed by atoms with Gasteiger partial charge in [-0.2, -0.15) is 13.2 Å². The van der Waals surface area contributed by atoms with Gasteiger partial charge in [-0.3, -0.25) is 10.1 Å². The molecule has 0 aromatic heterocycles. The molecule has 0 atom stereocenters. The Labute approximate surface area is 232 Å².